The smallest absolute Gasteiger partial charge is 0.408 e. The van der Waals surface area contributed by atoms with Crippen LogP contribution in [0.15, 0.2) is 60.7 Å². The summed E-state index contributed by atoms with van der Waals surface area (Å²) in [5.41, 5.74) is 7.75. The summed E-state index contributed by atoms with van der Waals surface area (Å²) in [6, 6.07) is 17.1. The first kappa shape index (κ1) is 31.5. The summed E-state index contributed by atoms with van der Waals surface area (Å²) in [6.07, 6.45) is 1.40. The molecule has 0 aromatic heterocycles. The Morgan fingerprint density at radius 3 is 2.30 bits per heavy atom. The van der Waals surface area contributed by atoms with Crippen molar-refractivity contribution < 1.29 is 23.9 Å². The van der Waals surface area contributed by atoms with Crippen LogP contribution >= 0.6 is 0 Å². The van der Waals surface area contributed by atoms with Crippen molar-refractivity contribution in [2.24, 2.45) is 5.73 Å². The van der Waals surface area contributed by atoms with Crippen molar-refractivity contribution in [2.75, 3.05) is 5.32 Å². The summed E-state index contributed by atoms with van der Waals surface area (Å²) in [5, 5.41) is 7.74. The van der Waals surface area contributed by atoms with E-state index in [9.17, 15) is 19.2 Å². The van der Waals surface area contributed by atoms with Crippen LogP contribution in [-0.2, 0) is 19.1 Å². The second-order valence-electron chi connectivity index (χ2n) is 12.3. The van der Waals surface area contributed by atoms with Gasteiger partial charge in [0.25, 0.3) is 5.91 Å². The molecule has 43 heavy (non-hydrogen) atoms. The topological polar surface area (TPSA) is 131 Å². The van der Waals surface area contributed by atoms with Crippen molar-refractivity contribution >= 4 is 40.3 Å². The Balaban J connectivity index is 1.75. The lowest BCUT2D eigenvalue weighted by Gasteiger charge is -2.44. The molecule has 0 bridgehead atoms. The lowest BCUT2D eigenvalue weighted by Crippen LogP contribution is -2.57. The van der Waals surface area contributed by atoms with E-state index < -0.39 is 35.6 Å². The number of nitrogens with zero attached hydrogens (tertiary/aromatic N) is 1. The third-order valence-corrected chi connectivity index (χ3v) is 7.66. The van der Waals surface area contributed by atoms with E-state index in [1.165, 1.54) is 0 Å². The van der Waals surface area contributed by atoms with Crippen LogP contribution in [-0.4, -0.2) is 46.4 Å². The Morgan fingerprint density at radius 2 is 1.67 bits per heavy atom. The van der Waals surface area contributed by atoms with Crippen LogP contribution in [0, 0.1) is 13.8 Å². The molecule has 0 spiro atoms. The Hall–Kier alpha value is -4.40. The highest BCUT2D eigenvalue weighted by molar-refractivity contribution is 6.00. The summed E-state index contributed by atoms with van der Waals surface area (Å²) in [6.45, 7) is 9.03. The number of hydrogen-bond donors (Lipinski definition) is 3. The first-order chi connectivity index (χ1) is 20.3. The number of rotatable bonds is 10. The number of benzene rings is 3. The Morgan fingerprint density at radius 1 is 0.977 bits per heavy atom. The molecule has 1 aliphatic rings. The fraction of sp³-hybridized carbons (Fsp3) is 0.412. The minimum absolute atomic E-state index is 0.0254. The molecule has 1 fully saturated rings. The highest BCUT2D eigenvalue weighted by atomic mass is 16.6. The van der Waals surface area contributed by atoms with Gasteiger partial charge < -0.3 is 26.0 Å². The number of carbonyl (C=O) groups is 4. The molecule has 3 aromatic carbocycles. The van der Waals surface area contributed by atoms with Crippen LogP contribution in [0.5, 0.6) is 0 Å². The van der Waals surface area contributed by atoms with Crippen LogP contribution < -0.4 is 16.4 Å². The van der Waals surface area contributed by atoms with E-state index in [1.54, 1.807) is 25.7 Å². The maximum atomic E-state index is 14.5. The number of amides is 4. The third-order valence-electron chi connectivity index (χ3n) is 7.66. The number of ether oxygens (including phenoxy) is 1. The molecule has 3 aromatic rings. The molecule has 9 heteroatoms. The number of primary amides is 1. The molecule has 0 heterocycles. The third kappa shape index (κ3) is 8.12. The zero-order valence-electron chi connectivity index (χ0n) is 25.6. The highest BCUT2D eigenvalue weighted by Crippen LogP contribution is 2.36. The standard InChI is InChI=1S/C34H42N4O5/c1-21-13-14-22(2)27(19-21)30(31(40)36-25-16-15-23-9-6-7-10-24(23)20-25)38(26-11-8-12-26)32(41)28(17-18-29(35)39)37-33(42)43-34(3,4)5/h6-7,9-10,13-16,19-20,26,28,30H,8,11-12,17-18H2,1-5H3,(H2,35,39)(H,36,40)(H,37,42). The first-order valence-electron chi connectivity index (χ1n) is 14.8. The van der Waals surface area contributed by atoms with Crippen molar-refractivity contribution in [1.29, 1.82) is 0 Å². The van der Waals surface area contributed by atoms with Crippen LogP contribution in [0.3, 0.4) is 0 Å². The quantitative estimate of drug-likeness (QED) is 0.282. The first-order valence-corrected chi connectivity index (χ1v) is 14.8. The molecule has 228 valence electrons. The summed E-state index contributed by atoms with van der Waals surface area (Å²) in [5.74, 6) is -1.43. The van der Waals surface area contributed by atoms with Gasteiger partial charge in [-0.3, -0.25) is 14.4 Å². The van der Waals surface area contributed by atoms with Gasteiger partial charge in [-0.1, -0.05) is 54.1 Å². The molecule has 4 amide bonds. The number of carbonyl (C=O) groups excluding carboxylic acids is 4. The molecule has 1 saturated carbocycles. The summed E-state index contributed by atoms with van der Waals surface area (Å²) in [4.78, 5) is 54.9. The molecule has 2 unspecified atom stereocenters. The minimum Gasteiger partial charge on any atom is -0.444 e. The molecular weight excluding hydrogens is 544 g/mol. The van der Waals surface area contributed by atoms with E-state index in [0.717, 1.165) is 28.3 Å². The van der Waals surface area contributed by atoms with Gasteiger partial charge in [0, 0.05) is 18.2 Å². The average Bonchev–Trinajstić information content (AvgIpc) is 2.90. The second-order valence-corrected chi connectivity index (χ2v) is 12.3. The summed E-state index contributed by atoms with van der Waals surface area (Å²) < 4.78 is 5.43. The monoisotopic (exact) mass is 586 g/mol. The van der Waals surface area contributed by atoms with Gasteiger partial charge in [0.1, 0.15) is 17.7 Å². The summed E-state index contributed by atoms with van der Waals surface area (Å²) in [7, 11) is 0. The molecular formula is C34H42N4O5. The Labute approximate surface area is 253 Å². The molecule has 0 radical (unpaired) electrons. The predicted molar refractivity (Wildman–Crippen MR) is 167 cm³/mol. The van der Waals surface area contributed by atoms with E-state index in [2.05, 4.69) is 10.6 Å². The lowest BCUT2D eigenvalue weighted by atomic mass is 9.86. The second kappa shape index (κ2) is 13.3. The maximum absolute atomic E-state index is 14.5. The van der Waals surface area contributed by atoms with Gasteiger partial charge in [0.2, 0.25) is 11.8 Å². The Bertz CT molecular complexity index is 1510. The number of alkyl carbamates (subject to hydrolysis) is 1. The van der Waals surface area contributed by atoms with Crippen LogP contribution in [0.2, 0.25) is 0 Å². The molecule has 0 aliphatic heterocycles. The van der Waals surface area contributed by atoms with E-state index in [-0.39, 0.29) is 24.8 Å². The fourth-order valence-electron chi connectivity index (χ4n) is 5.31. The van der Waals surface area contributed by atoms with Crippen LogP contribution in [0.1, 0.15) is 75.6 Å². The van der Waals surface area contributed by atoms with Crippen molar-refractivity contribution in [3.63, 3.8) is 0 Å². The highest BCUT2D eigenvalue weighted by Gasteiger charge is 2.42. The van der Waals surface area contributed by atoms with E-state index in [0.29, 0.717) is 24.1 Å². The van der Waals surface area contributed by atoms with Gasteiger partial charge in [-0.15, -0.1) is 0 Å². The van der Waals surface area contributed by atoms with Crippen LogP contribution in [0.4, 0.5) is 10.5 Å². The van der Waals surface area contributed by atoms with Crippen molar-refractivity contribution in [2.45, 2.75) is 90.4 Å². The molecule has 4 rings (SSSR count). The van der Waals surface area contributed by atoms with E-state index in [4.69, 9.17) is 10.5 Å². The fourth-order valence-corrected chi connectivity index (χ4v) is 5.31. The number of nitrogens with two attached hydrogens (primary N) is 1. The lowest BCUT2D eigenvalue weighted by molar-refractivity contribution is -0.146. The van der Waals surface area contributed by atoms with E-state index in [1.807, 2.05) is 74.5 Å². The van der Waals surface area contributed by atoms with E-state index >= 15 is 0 Å². The van der Waals surface area contributed by atoms with Gasteiger partial charge in [-0.2, -0.15) is 0 Å². The van der Waals surface area contributed by atoms with Crippen molar-refractivity contribution in [3.8, 4) is 0 Å². The molecule has 9 nitrogen and oxygen atoms in total. The zero-order valence-corrected chi connectivity index (χ0v) is 25.6. The molecule has 4 N–H and O–H groups in total. The predicted octanol–water partition coefficient (Wildman–Crippen LogP) is 5.68. The SMILES string of the molecule is Cc1ccc(C)c(C(C(=O)Nc2ccc3ccccc3c2)N(C(=O)C(CCC(N)=O)NC(=O)OC(C)(C)C)C2CCC2)c1. The van der Waals surface area contributed by atoms with Gasteiger partial charge in [-0.25, -0.2) is 4.79 Å². The van der Waals surface area contributed by atoms with Crippen LogP contribution in [0.25, 0.3) is 10.8 Å². The van der Waals surface area contributed by atoms with Gasteiger partial charge in [0.05, 0.1) is 0 Å². The number of aryl methyl sites for hydroxylation is 2. The normalized spacial score (nSPS) is 14.7. The molecule has 0 saturated heterocycles. The molecule has 1 aliphatic carbocycles. The van der Waals surface area contributed by atoms with Gasteiger partial charge in [0.15, 0.2) is 0 Å². The maximum Gasteiger partial charge on any atom is 0.408 e. The summed E-state index contributed by atoms with van der Waals surface area (Å²) >= 11 is 0. The number of anilines is 1. The van der Waals surface area contributed by atoms with Crippen molar-refractivity contribution in [1.82, 2.24) is 10.2 Å². The van der Waals surface area contributed by atoms with Gasteiger partial charge in [-0.05, 0) is 94.3 Å². The molecule has 2 atom stereocenters. The largest absolute Gasteiger partial charge is 0.444 e. The van der Waals surface area contributed by atoms with Crippen molar-refractivity contribution in [3.05, 3.63) is 77.4 Å². The minimum atomic E-state index is -1.12. The number of fused-ring (bicyclic) bond motifs is 1. The average molecular weight is 587 g/mol. The number of nitrogens with one attached hydrogen (secondary N) is 2. The number of hydrogen-bond acceptors (Lipinski definition) is 5. The Kier molecular flexibility index (Phi) is 9.73. The zero-order chi connectivity index (χ0) is 31.3. The van der Waals surface area contributed by atoms with Gasteiger partial charge >= 0.3 is 6.09 Å².